The van der Waals surface area contributed by atoms with Crippen molar-refractivity contribution in [1.29, 1.82) is 5.26 Å². The van der Waals surface area contributed by atoms with Gasteiger partial charge in [-0.25, -0.2) is 8.42 Å². The van der Waals surface area contributed by atoms with Crippen LogP contribution in [0.3, 0.4) is 0 Å². The summed E-state index contributed by atoms with van der Waals surface area (Å²) in [5.74, 6) is 0.0867. The van der Waals surface area contributed by atoms with Gasteiger partial charge in [0.1, 0.15) is 17.4 Å². The Morgan fingerprint density at radius 1 is 1.09 bits per heavy atom. The van der Waals surface area contributed by atoms with Crippen molar-refractivity contribution < 1.29 is 17.9 Å². The average Bonchev–Trinajstić information content (AvgIpc) is 2.84. The van der Waals surface area contributed by atoms with E-state index in [-0.39, 0.29) is 10.8 Å². The summed E-state index contributed by atoms with van der Waals surface area (Å²) in [6.45, 7) is 2.24. The van der Waals surface area contributed by atoms with Gasteiger partial charge in [-0.3, -0.25) is 4.72 Å². The molecule has 0 spiro atoms. The number of rotatable bonds is 7. The number of nitrogens with zero attached hydrogens (tertiary/aromatic N) is 2. The number of ether oxygens (including phenoxy) is 2. The summed E-state index contributed by atoms with van der Waals surface area (Å²) in [5.41, 5.74) is 2.29. The van der Waals surface area contributed by atoms with Crippen molar-refractivity contribution in [1.82, 2.24) is 0 Å². The lowest BCUT2D eigenvalue weighted by Gasteiger charge is -2.27. The normalized spacial score (nSPS) is 15.5. The van der Waals surface area contributed by atoms with Crippen molar-refractivity contribution >= 4 is 22.1 Å². The molecule has 0 bridgehead atoms. The van der Waals surface area contributed by atoms with Gasteiger partial charge in [-0.1, -0.05) is 54.6 Å². The van der Waals surface area contributed by atoms with E-state index in [1.165, 1.54) is 18.5 Å². The molecule has 1 aliphatic heterocycles. The van der Waals surface area contributed by atoms with E-state index in [9.17, 15) is 13.7 Å². The summed E-state index contributed by atoms with van der Waals surface area (Å²) in [4.78, 5) is 4.35. The third-order valence-corrected chi connectivity index (χ3v) is 6.42. The summed E-state index contributed by atoms with van der Waals surface area (Å²) in [6.07, 6.45) is 1.24. The summed E-state index contributed by atoms with van der Waals surface area (Å²) < 4.78 is 39.2. The van der Waals surface area contributed by atoms with Crippen LogP contribution in [0.2, 0.25) is 0 Å². The van der Waals surface area contributed by atoms with Crippen LogP contribution >= 0.6 is 0 Å². The third kappa shape index (κ3) is 4.73. The van der Waals surface area contributed by atoms with Gasteiger partial charge in [-0.05, 0) is 30.7 Å². The van der Waals surface area contributed by atoms with E-state index in [4.69, 9.17) is 9.47 Å². The minimum atomic E-state index is -3.77. The highest BCUT2D eigenvalue weighted by atomic mass is 32.2. The molecule has 0 aliphatic carbocycles. The maximum Gasteiger partial charge on any atom is 0.261 e. The zero-order chi connectivity index (χ0) is 23.3. The average molecular weight is 460 g/mol. The van der Waals surface area contributed by atoms with E-state index in [1.807, 2.05) is 37.3 Å². The molecular weight excluding hydrogens is 438 g/mol. The fraction of sp³-hybridized carbons (Fsp3) is 0.120. The van der Waals surface area contributed by atoms with Crippen molar-refractivity contribution in [3.63, 3.8) is 0 Å². The molecule has 166 valence electrons. The second-order valence-corrected chi connectivity index (χ2v) is 8.82. The maximum absolute atomic E-state index is 12.7. The predicted molar refractivity (Wildman–Crippen MR) is 125 cm³/mol. The minimum absolute atomic E-state index is 0.107. The number of fused-ring (bicyclic) bond motifs is 1. The van der Waals surface area contributed by atoms with Crippen LogP contribution in [-0.2, 0) is 14.8 Å². The van der Waals surface area contributed by atoms with Crippen molar-refractivity contribution in [2.45, 2.75) is 17.7 Å². The second-order valence-electron chi connectivity index (χ2n) is 7.14. The van der Waals surface area contributed by atoms with Crippen LogP contribution in [-0.4, -0.2) is 21.4 Å². The molecule has 0 saturated heterocycles. The van der Waals surface area contributed by atoms with Gasteiger partial charge in [0.25, 0.3) is 10.0 Å². The molecule has 0 radical (unpaired) electrons. The Labute approximate surface area is 192 Å². The van der Waals surface area contributed by atoms with Crippen LogP contribution in [0.5, 0.6) is 5.75 Å². The fourth-order valence-corrected chi connectivity index (χ4v) is 4.61. The highest BCUT2D eigenvalue weighted by Crippen LogP contribution is 2.44. The lowest BCUT2D eigenvalue weighted by atomic mass is 9.83. The Balaban J connectivity index is 1.77. The molecule has 1 heterocycles. The number of nitriles is 1. The van der Waals surface area contributed by atoms with Crippen LogP contribution in [0.4, 0.5) is 5.69 Å². The van der Waals surface area contributed by atoms with E-state index in [2.05, 4.69) is 15.8 Å². The molecule has 7 nitrogen and oxygen atoms in total. The van der Waals surface area contributed by atoms with Crippen LogP contribution in [0.1, 0.15) is 24.0 Å². The third-order valence-electron chi connectivity index (χ3n) is 5.02. The number of allylic oxidation sites excluding steroid dienone is 1. The first kappa shape index (κ1) is 22.1. The largest absolute Gasteiger partial charge is 0.483 e. The standard InChI is InChI=1S/C25H21N3O4S/c1-2-31-17-27-25-22(16-26)24(18-9-5-3-6-10-18)21-14-13-19(15-23(21)32-25)28-33(29,30)20-11-7-4-8-12-20/h3-15,17,24,28H,2H2,1H3/b27-17+. The first-order valence-electron chi connectivity index (χ1n) is 10.3. The monoisotopic (exact) mass is 459 g/mol. The number of anilines is 1. The molecule has 0 aromatic heterocycles. The Kier molecular flexibility index (Phi) is 6.43. The molecule has 0 amide bonds. The number of aliphatic imine (C=N–C) groups is 1. The molecule has 0 fully saturated rings. The number of hydrogen-bond acceptors (Lipinski definition) is 6. The lowest BCUT2D eigenvalue weighted by Crippen LogP contribution is -2.17. The fourth-order valence-electron chi connectivity index (χ4n) is 3.54. The first-order chi connectivity index (χ1) is 16.0. The molecule has 1 unspecified atom stereocenters. The summed E-state index contributed by atoms with van der Waals surface area (Å²) >= 11 is 0. The number of benzene rings is 3. The second kappa shape index (κ2) is 9.59. The first-order valence-corrected chi connectivity index (χ1v) is 11.7. The van der Waals surface area contributed by atoms with Crippen LogP contribution in [0.25, 0.3) is 0 Å². The molecule has 4 rings (SSSR count). The Hall–Kier alpha value is -4.09. The van der Waals surface area contributed by atoms with Gasteiger partial charge in [0.05, 0.1) is 23.1 Å². The van der Waals surface area contributed by atoms with Crippen LogP contribution < -0.4 is 9.46 Å². The Morgan fingerprint density at radius 3 is 2.45 bits per heavy atom. The molecule has 3 aromatic carbocycles. The topological polar surface area (TPSA) is 101 Å². The molecule has 1 atom stereocenters. The minimum Gasteiger partial charge on any atom is -0.483 e. The van der Waals surface area contributed by atoms with Crippen molar-refractivity contribution in [2.24, 2.45) is 4.99 Å². The zero-order valence-corrected chi connectivity index (χ0v) is 18.6. The van der Waals surface area contributed by atoms with Gasteiger partial charge in [-0.15, -0.1) is 0 Å². The molecule has 33 heavy (non-hydrogen) atoms. The highest BCUT2D eigenvalue weighted by molar-refractivity contribution is 7.92. The maximum atomic E-state index is 12.7. The molecule has 1 N–H and O–H groups in total. The summed E-state index contributed by atoms with van der Waals surface area (Å²) in [7, 11) is -3.77. The quantitative estimate of drug-likeness (QED) is 0.404. The van der Waals surface area contributed by atoms with E-state index in [0.717, 1.165) is 11.1 Å². The van der Waals surface area contributed by atoms with Gasteiger partial charge < -0.3 is 9.47 Å². The van der Waals surface area contributed by atoms with E-state index in [0.29, 0.717) is 23.6 Å². The summed E-state index contributed by atoms with van der Waals surface area (Å²) in [5, 5.41) is 9.91. The Bertz CT molecular complexity index is 1350. The van der Waals surface area contributed by atoms with Crippen LogP contribution in [0, 0.1) is 11.3 Å². The molecular formula is C25H21N3O4S. The molecule has 8 heteroatoms. The van der Waals surface area contributed by atoms with Gasteiger partial charge >= 0.3 is 0 Å². The highest BCUT2D eigenvalue weighted by Gasteiger charge is 2.32. The molecule has 0 saturated carbocycles. The molecule has 3 aromatic rings. The van der Waals surface area contributed by atoms with Gasteiger partial charge in [-0.2, -0.15) is 10.3 Å². The van der Waals surface area contributed by atoms with E-state index in [1.54, 1.807) is 36.4 Å². The SMILES string of the molecule is CCO/C=N/C1=C(C#N)C(c2ccccc2)c2ccc(NS(=O)(=O)c3ccccc3)cc2O1. The number of nitrogens with one attached hydrogen (secondary N) is 1. The zero-order valence-electron chi connectivity index (χ0n) is 17.8. The Morgan fingerprint density at radius 2 is 1.79 bits per heavy atom. The van der Waals surface area contributed by atoms with Crippen molar-refractivity contribution in [2.75, 3.05) is 11.3 Å². The van der Waals surface area contributed by atoms with Gasteiger partial charge in [0.15, 0.2) is 6.40 Å². The molecule has 1 aliphatic rings. The van der Waals surface area contributed by atoms with Gasteiger partial charge in [0, 0.05) is 11.6 Å². The van der Waals surface area contributed by atoms with Crippen LogP contribution in [0.15, 0.2) is 100 Å². The smallest absolute Gasteiger partial charge is 0.261 e. The van der Waals surface area contributed by atoms with Crippen molar-refractivity contribution in [3.05, 3.63) is 101 Å². The van der Waals surface area contributed by atoms with Gasteiger partial charge in [0.2, 0.25) is 5.88 Å². The summed E-state index contributed by atoms with van der Waals surface area (Å²) in [6, 6.07) is 24.9. The van der Waals surface area contributed by atoms with E-state index < -0.39 is 15.9 Å². The predicted octanol–water partition coefficient (Wildman–Crippen LogP) is 4.81. The number of sulfonamides is 1. The lowest BCUT2D eigenvalue weighted by molar-refractivity contribution is 0.335. The van der Waals surface area contributed by atoms with Crippen molar-refractivity contribution in [3.8, 4) is 11.8 Å². The number of hydrogen-bond donors (Lipinski definition) is 1. The van der Waals surface area contributed by atoms with E-state index >= 15 is 0 Å².